The molecule has 0 unspecified atom stereocenters. The molecule has 10 heteroatoms. The zero-order valence-corrected chi connectivity index (χ0v) is 13.8. The Morgan fingerprint density at radius 2 is 1.85 bits per heavy atom. The summed E-state index contributed by atoms with van der Waals surface area (Å²) in [7, 11) is 0. The third-order valence-corrected chi connectivity index (χ3v) is 3.17. The highest BCUT2D eigenvalue weighted by atomic mass is 35.5. The van der Waals surface area contributed by atoms with Gasteiger partial charge in [0.25, 0.3) is 11.8 Å². The van der Waals surface area contributed by atoms with E-state index in [0.717, 1.165) is 18.2 Å². The molecule has 1 aromatic carbocycles. The number of hydrogen-bond donors (Lipinski definition) is 2. The first-order chi connectivity index (χ1) is 12.4. The molecular formula is C16H12ClF2N3O4. The van der Waals surface area contributed by atoms with E-state index < -0.39 is 48.3 Å². The molecule has 0 fully saturated rings. The Hall–Kier alpha value is -3.07. The number of ether oxygens (including phenoxy) is 1. The van der Waals surface area contributed by atoms with Crippen LogP contribution in [-0.2, 0) is 14.3 Å². The molecule has 1 aromatic heterocycles. The molecule has 0 saturated heterocycles. The first-order valence-corrected chi connectivity index (χ1v) is 7.54. The highest BCUT2D eigenvalue weighted by Crippen LogP contribution is 2.17. The number of esters is 1. The van der Waals surface area contributed by atoms with E-state index in [1.807, 2.05) is 5.32 Å². The van der Waals surface area contributed by atoms with Gasteiger partial charge in [-0.05, 0) is 24.3 Å². The highest BCUT2D eigenvalue weighted by molar-refractivity contribution is 6.30. The van der Waals surface area contributed by atoms with Crippen molar-refractivity contribution in [1.29, 1.82) is 0 Å². The van der Waals surface area contributed by atoms with Crippen molar-refractivity contribution in [3.63, 3.8) is 0 Å². The van der Waals surface area contributed by atoms with Crippen molar-refractivity contribution >= 4 is 35.1 Å². The third kappa shape index (κ3) is 5.49. The number of carbonyl (C=O) groups is 3. The maximum Gasteiger partial charge on any atom is 0.325 e. The predicted octanol–water partition coefficient (Wildman–Crippen LogP) is 1.92. The summed E-state index contributed by atoms with van der Waals surface area (Å²) < 4.78 is 31.4. The fourth-order valence-electron chi connectivity index (χ4n) is 1.76. The molecule has 0 aliphatic carbocycles. The Kier molecular flexibility index (Phi) is 6.56. The lowest BCUT2D eigenvalue weighted by molar-refractivity contribution is -0.146. The van der Waals surface area contributed by atoms with Gasteiger partial charge in [-0.2, -0.15) is 0 Å². The van der Waals surface area contributed by atoms with Gasteiger partial charge in [-0.15, -0.1) is 0 Å². The lowest BCUT2D eigenvalue weighted by atomic mass is 10.3. The van der Waals surface area contributed by atoms with E-state index in [9.17, 15) is 23.2 Å². The van der Waals surface area contributed by atoms with Crippen molar-refractivity contribution in [3.05, 3.63) is 58.9 Å². The number of para-hydroxylation sites is 1. The second-order valence-corrected chi connectivity index (χ2v) is 5.28. The van der Waals surface area contributed by atoms with Gasteiger partial charge < -0.3 is 15.4 Å². The van der Waals surface area contributed by atoms with E-state index >= 15 is 0 Å². The molecule has 1 heterocycles. The molecule has 0 spiro atoms. The monoisotopic (exact) mass is 383 g/mol. The normalized spacial score (nSPS) is 10.1. The standard InChI is InChI=1S/C16H12ClF2N3O4/c17-9-4-5-20-12(6-9)16(25)21-7-14(24)26-8-13(23)22-15-10(18)2-1-3-11(15)19/h1-6H,7-8H2,(H,21,25)(H,22,23). The summed E-state index contributed by atoms with van der Waals surface area (Å²) in [6.45, 7) is -1.31. The summed E-state index contributed by atoms with van der Waals surface area (Å²) in [5.41, 5.74) is -0.646. The van der Waals surface area contributed by atoms with E-state index in [4.69, 9.17) is 11.6 Å². The van der Waals surface area contributed by atoms with Gasteiger partial charge in [0.05, 0.1) is 0 Å². The van der Waals surface area contributed by atoms with Crippen molar-refractivity contribution in [1.82, 2.24) is 10.3 Å². The molecule has 0 aliphatic heterocycles. The number of carbonyl (C=O) groups excluding carboxylic acids is 3. The lowest BCUT2D eigenvalue weighted by Crippen LogP contribution is -2.32. The Bertz CT molecular complexity index is 828. The third-order valence-electron chi connectivity index (χ3n) is 2.94. The Morgan fingerprint density at radius 1 is 1.15 bits per heavy atom. The Balaban J connectivity index is 1.78. The van der Waals surface area contributed by atoms with Crippen molar-refractivity contribution in [2.75, 3.05) is 18.5 Å². The van der Waals surface area contributed by atoms with Crippen molar-refractivity contribution < 1.29 is 27.9 Å². The molecule has 0 bridgehead atoms. The van der Waals surface area contributed by atoms with E-state index in [1.165, 1.54) is 18.3 Å². The summed E-state index contributed by atoms with van der Waals surface area (Å²) in [5, 5.41) is 4.48. The number of nitrogens with one attached hydrogen (secondary N) is 2. The number of nitrogens with zero attached hydrogens (tertiary/aromatic N) is 1. The van der Waals surface area contributed by atoms with Gasteiger partial charge >= 0.3 is 5.97 Å². The van der Waals surface area contributed by atoms with Crippen LogP contribution in [-0.4, -0.2) is 35.9 Å². The smallest absolute Gasteiger partial charge is 0.325 e. The molecule has 2 aromatic rings. The van der Waals surface area contributed by atoms with Crippen LogP contribution >= 0.6 is 11.6 Å². The second-order valence-electron chi connectivity index (χ2n) is 4.85. The first-order valence-electron chi connectivity index (χ1n) is 7.16. The number of pyridine rings is 1. The number of anilines is 1. The fraction of sp³-hybridized carbons (Fsp3) is 0.125. The van der Waals surface area contributed by atoms with Crippen molar-refractivity contribution in [2.24, 2.45) is 0 Å². The maximum absolute atomic E-state index is 13.4. The zero-order valence-electron chi connectivity index (χ0n) is 13.1. The summed E-state index contributed by atoms with van der Waals surface area (Å²) in [5.74, 6) is -4.46. The molecule has 0 aliphatic rings. The average Bonchev–Trinajstić information content (AvgIpc) is 2.61. The van der Waals surface area contributed by atoms with E-state index in [-0.39, 0.29) is 5.69 Å². The molecule has 7 nitrogen and oxygen atoms in total. The zero-order chi connectivity index (χ0) is 19.1. The molecule has 2 rings (SSSR count). The van der Waals surface area contributed by atoms with Gasteiger partial charge in [0, 0.05) is 11.2 Å². The van der Waals surface area contributed by atoms with Crippen LogP contribution in [0.15, 0.2) is 36.5 Å². The summed E-state index contributed by atoms with van der Waals surface area (Å²) >= 11 is 5.72. The largest absolute Gasteiger partial charge is 0.454 e. The topological polar surface area (TPSA) is 97.4 Å². The first kappa shape index (κ1) is 19.3. The minimum absolute atomic E-state index is 0.00179. The second kappa shape index (κ2) is 8.86. The molecule has 2 N–H and O–H groups in total. The quantitative estimate of drug-likeness (QED) is 0.743. The molecule has 2 amide bonds. The van der Waals surface area contributed by atoms with Crippen LogP contribution in [0.5, 0.6) is 0 Å². The van der Waals surface area contributed by atoms with Crippen LogP contribution in [0.2, 0.25) is 5.02 Å². The summed E-state index contributed by atoms with van der Waals surface area (Å²) in [6, 6.07) is 5.84. The van der Waals surface area contributed by atoms with Gasteiger partial charge in [-0.1, -0.05) is 17.7 Å². The number of amides is 2. The fourth-order valence-corrected chi connectivity index (χ4v) is 1.92. The summed E-state index contributed by atoms with van der Waals surface area (Å²) in [4.78, 5) is 38.6. The number of hydrogen-bond acceptors (Lipinski definition) is 5. The minimum Gasteiger partial charge on any atom is -0.454 e. The van der Waals surface area contributed by atoms with Gasteiger partial charge in [0.1, 0.15) is 29.6 Å². The average molecular weight is 384 g/mol. The molecule has 0 radical (unpaired) electrons. The lowest BCUT2D eigenvalue weighted by Gasteiger charge is -2.08. The number of benzene rings is 1. The van der Waals surface area contributed by atoms with Crippen LogP contribution in [0.4, 0.5) is 14.5 Å². The van der Waals surface area contributed by atoms with Crippen LogP contribution in [0.3, 0.4) is 0 Å². The maximum atomic E-state index is 13.4. The van der Waals surface area contributed by atoms with E-state index in [0.29, 0.717) is 5.02 Å². The van der Waals surface area contributed by atoms with Gasteiger partial charge in [0.15, 0.2) is 6.61 Å². The van der Waals surface area contributed by atoms with Crippen LogP contribution in [0, 0.1) is 11.6 Å². The van der Waals surface area contributed by atoms with E-state index in [1.54, 1.807) is 0 Å². The number of rotatable bonds is 6. The summed E-state index contributed by atoms with van der Waals surface area (Å²) in [6.07, 6.45) is 1.32. The van der Waals surface area contributed by atoms with Crippen LogP contribution in [0.1, 0.15) is 10.5 Å². The minimum atomic E-state index is -0.967. The van der Waals surface area contributed by atoms with Crippen molar-refractivity contribution in [3.8, 4) is 0 Å². The predicted molar refractivity (Wildman–Crippen MR) is 87.5 cm³/mol. The molecule has 136 valence electrons. The van der Waals surface area contributed by atoms with Crippen molar-refractivity contribution in [2.45, 2.75) is 0 Å². The number of aromatic nitrogens is 1. The Morgan fingerprint density at radius 3 is 2.50 bits per heavy atom. The molecular weight excluding hydrogens is 372 g/mol. The number of halogens is 3. The van der Waals surface area contributed by atoms with Gasteiger partial charge in [0.2, 0.25) is 0 Å². The Labute approximate surface area is 151 Å². The SMILES string of the molecule is O=C(COC(=O)CNC(=O)c1cc(Cl)ccn1)Nc1c(F)cccc1F. The van der Waals surface area contributed by atoms with Crippen LogP contribution < -0.4 is 10.6 Å². The molecule has 0 atom stereocenters. The van der Waals surface area contributed by atoms with E-state index in [2.05, 4.69) is 15.0 Å². The molecule has 26 heavy (non-hydrogen) atoms. The molecule has 0 saturated carbocycles. The highest BCUT2D eigenvalue weighted by Gasteiger charge is 2.15. The van der Waals surface area contributed by atoms with Crippen LogP contribution in [0.25, 0.3) is 0 Å². The van der Waals surface area contributed by atoms with Gasteiger partial charge in [-0.25, -0.2) is 8.78 Å². The van der Waals surface area contributed by atoms with Gasteiger partial charge in [-0.3, -0.25) is 19.4 Å².